The van der Waals surface area contributed by atoms with Gasteiger partial charge in [0.05, 0.1) is 17.6 Å². The van der Waals surface area contributed by atoms with Crippen molar-refractivity contribution in [2.45, 2.75) is 13.8 Å². The Morgan fingerprint density at radius 1 is 0.968 bits per heavy atom. The summed E-state index contributed by atoms with van der Waals surface area (Å²) in [5.41, 5.74) is 2.52. The fourth-order valence-electron chi connectivity index (χ4n) is 3.40. The molecule has 0 saturated carbocycles. The van der Waals surface area contributed by atoms with Crippen LogP contribution in [-0.2, 0) is 9.53 Å². The van der Waals surface area contributed by atoms with E-state index in [4.69, 9.17) is 4.74 Å². The molecule has 8 nitrogen and oxygen atoms in total. The minimum Gasteiger partial charge on any atom is -0.507 e. The van der Waals surface area contributed by atoms with Gasteiger partial charge in [-0.25, -0.2) is 14.8 Å². The van der Waals surface area contributed by atoms with Crippen LogP contribution < -0.4 is 15.9 Å². The second kappa shape index (κ2) is 8.27. The molecule has 0 fully saturated rings. The molecule has 3 aromatic carbocycles. The van der Waals surface area contributed by atoms with Crippen LogP contribution in [0.3, 0.4) is 0 Å². The highest BCUT2D eigenvalue weighted by Gasteiger charge is 2.12. The van der Waals surface area contributed by atoms with E-state index in [0.29, 0.717) is 27.5 Å². The van der Waals surface area contributed by atoms with Crippen molar-refractivity contribution in [3.8, 4) is 0 Å². The summed E-state index contributed by atoms with van der Waals surface area (Å²) < 4.78 is 4.88. The Hall–Kier alpha value is -4.20. The van der Waals surface area contributed by atoms with Gasteiger partial charge in [0.1, 0.15) is 5.76 Å². The summed E-state index contributed by atoms with van der Waals surface area (Å²) in [5.74, 6) is 0.0797. The van der Waals surface area contributed by atoms with Crippen molar-refractivity contribution in [1.82, 2.24) is 9.97 Å². The van der Waals surface area contributed by atoms with E-state index >= 15 is 0 Å². The second-order valence-electron chi connectivity index (χ2n) is 6.83. The van der Waals surface area contributed by atoms with E-state index in [9.17, 15) is 14.7 Å². The molecule has 4 rings (SSSR count). The normalized spacial score (nSPS) is 11.9. The fraction of sp³-hybridized carbons (Fsp3) is 0.130. The number of rotatable bonds is 4. The molecule has 0 saturated heterocycles. The number of anilines is 2. The molecule has 2 amide bonds. The maximum atomic E-state index is 11.7. The smallest absolute Gasteiger partial charge is 0.414 e. The number of carbonyl (C=O) groups is 2. The van der Waals surface area contributed by atoms with Gasteiger partial charge in [0, 0.05) is 28.8 Å². The summed E-state index contributed by atoms with van der Waals surface area (Å²) in [6.07, 6.45) is -0.620. The predicted molar refractivity (Wildman–Crippen MR) is 119 cm³/mol. The maximum absolute atomic E-state index is 11.7. The first kappa shape index (κ1) is 20.1. The number of nitrogens with zero attached hydrogens (tertiary/aromatic N) is 2. The van der Waals surface area contributed by atoms with Crippen LogP contribution in [0.4, 0.5) is 16.4 Å². The quantitative estimate of drug-likeness (QED) is 0.467. The van der Waals surface area contributed by atoms with Gasteiger partial charge < -0.3 is 15.2 Å². The minimum absolute atomic E-state index is 0.0949. The maximum Gasteiger partial charge on any atom is 0.414 e. The topological polar surface area (TPSA) is 113 Å². The largest absolute Gasteiger partial charge is 0.507 e. The first-order chi connectivity index (χ1) is 15.0. The molecule has 0 aliphatic heterocycles. The van der Waals surface area contributed by atoms with E-state index in [0.717, 1.165) is 10.8 Å². The van der Waals surface area contributed by atoms with Gasteiger partial charge in [-0.2, -0.15) is 0 Å². The summed E-state index contributed by atoms with van der Waals surface area (Å²) in [4.78, 5) is 31.7. The summed E-state index contributed by atoms with van der Waals surface area (Å²) in [7, 11) is 0. The zero-order chi connectivity index (χ0) is 22.0. The zero-order valence-corrected chi connectivity index (χ0v) is 17.0. The number of amides is 2. The molecule has 156 valence electrons. The molecular formula is C23H20N4O4. The number of benzene rings is 3. The van der Waals surface area contributed by atoms with Crippen molar-refractivity contribution in [3.63, 3.8) is 0 Å². The van der Waals surface area contributed by atoms with Crippen LogP contribution in [0.15, 0.2) is 54.6 Å². The lowest BCUT2D eigenvalue weighted by Gasteiger charge is -2.10. The van der Waals surface area contributed by atoms with Gasteiger partial charge in [0.25, 0.3) is 0 Å². The molecule has 4 aromatic rings. The molecular weight excluding hydrogens is 396 g/mol. The number of carbonyl (C=O) groups excluding carboxylic acids is 2. The average molecular weight is 416 g/mol. The number of aliphatic hydroxyl groups excluding tert-OH is 1. The third kappa shape index (κ3) is 4.09. The van der Waals surface area contributed by atoms with Crippen LogP contribution in [-0.4, -0.2) is 33.7 Å². The lowest BCUT2D eigenvalue weighted by Crippen LogP contribution is -2.16. The van der Waals surface area contributed by atoms with Crippen LogP contribution in [0.1, 0.15) is 19.4 Å². The van der Waals surface area contributed by atoms with E-state index in [2.05, 4.69) is 20.6 Å². The molecule has 0 atom stereocenters. The van der Waals surface area contributed by atoms with E-state index in [1.807, 2.05) is 18.2 Å². The Balaban J connectivity index is 1.82. The third-order valence-corrected chi connectivity index (χ3v) is 4.67. The van der Waals surface area contributed by atoms with Crippen molar-refractivity contribution in [2.24, 2.45) is 0 Å². The Kier molecular flexibility index (Phi) is 5.36. The number of aliphatic hydroxyl groups is 1. The molecule has 1 aromatic heterocycles. The molecule has 1 heterocycles. The van der Waals surface area contributed by atoms with Crippen LogP contribution in [0.2, 0.25) is 0 Å². The summed E-state index contributed by atoms with van der Waals surface area (Å²) in [6, 6.07) is 16.0. The Morgan fingerprint density at radius 3 is 2.35 bits per heavy atom. The third-order valence-electron chi connectivity index (χ3n) is 4.67. The lowest BCUT2D eigenvalue weighted by molar-refractivity contribution is -0.114. The van der Waals surface area contributed by atoms with E-state index in [1.165, 1.54) is 6.92 Å². The number of hydrogen-bond acceptors (Lipinski definition) is 6. The monoisotopic (exact) mass is 416 g/mol. The minimum atomic E-state index is -0.620. The Labute approximate surface area is 177 Å². The standard InChI is InChI=1S/C23H20N4O4/c1-3-31-23(30)27-22-25-18-6-4-5-16-17(11-12-19(26-22)20(16)18)21(29)14-7-9-15(10-8-14)24-13(2)28/h4-12,29H,3H2,1-2H3,(H,24,28)(H,25,26,27,30)/b21-17+. The molecule has 3 N–H and O–H groups in total. The molecule has 0 aliphatic rings. The van der Waals surface area contributed by atoms with Crippen LogP contribution in [0.25, 0.3) is 27.6 Å². The van der Waals surface area contributed by atoms with Gasteiger partial charge in [-0.1, -0.05) is 12.1 Å². The molecule has 0 radical (unpaired) electrons. The number of hydrogen-bond donors (Lipinski definition) is 3. The molecule has 0 bridgehead atoms. The number of aromatic nitrogens is 2. The fourth-order valence-corrected chi connectivity index (χ4v) is 3.40. The van der Waals surface area contributed by atoms with Crippen molar-refractivity contribution in [3.05, 3.63) is 65.4 Å². The first-order valence-electron chi connectivity index (χ1n) is 9.70. The summed E-state index contributed by atoms with van der Waals surface area (Å²) in [5, 5.41) is 18.4. The van der Waals surface area contributed by atoms with Crippen molar-refractivity contribution in [2.75, 3.05) is 17.2 Å². The van der Waals surface area contributed by atoms with E-state index in [-0.39, 0.29) is 24.2 Å². The van der Waals surface area contributed by atoms with Crippen LogP contribution >= 0.6 is 0 Å². The predicted octanol–water partition coefficient (Wildman–Crippen LogP) is 3.74. The Morgan fingerprint density at radius 2 is 1.68 bits per heavy atom. The molecule has 0 spiro atoms. The zero-order valence-electron chi connectivity index (χ0n) is 17.0. The highest BCUT2D eigenvalue weighted by molar-refractivity contribution is 6.08. The van der Waals surface area contributed by atoms with E-state index in [1.54, 1.807) is 43.3 Å². The Bertz CT molecular complexity index is 1330. The van der Waals surface area contributed by atoms with Crippen molar-refractivity contribution >= 4 is 51.2 Å². The first-order valence-corrected chi connectivity index (χ1v) is 9.70. The van der Waals surface area contributed by atoms with Crippen LogP contribution in [0.5, 0.6) is 0 Å². The average Bonchev–Trinajstić information content (AvgIpc) is 2.74. The van der Waals surface area contributed by atoms with Gasteiger partial charge in [-0.05, 0) is 54.8 Å². The van der Waals surface area contributed by atoms with Gasteiger partial charge in [-0.3, -0.25) is 10.1 Å². The molecule has 0 unspecified atom stereocenters. The van der Waals surface area contributed by atoms with Gasteiger partial charge in [-0.15, -0.1) is 0 Å². The van der Waals surface area contributed by atoms with Crippen molar-refractivity contribution < 1.29 is 19.4 Å². The van der Waals surface area contributed by atoms with E-state index < -0.39 is 6.09 Å². The van der Waals surface area contributed by atoms with Gasteiger partial charge in [0.2, 0.25) is 11.9 Å². The molecule has 0 aliphatic carbocycles. The van der Waals surface area contributed by atoms with Gasteiger partial charge >= 0.3 is 6.09 Å². The summed E-state index contributed by atoms with van der Waals surface area (Å²) >= 11 is 0. The number of ether oxygens (including phenoxy) is 1. The lowest BCUT2D eigenvalue weighted by atomic mass is 10.0. The molecule has 31 heavy (non-hydrogen) atoms. The SMILES string of the molecule is CCOC(=O)Nc1nc2cccc3/c(=C(/O)c4ccc(NC(C)=O)cc4)ccc(n1)c23. The number of nitrogens with one attached hydrogen (secondary N) is 2. The second-order valence-corrected chi connectivity index (χ2v) is 6.83. The summed E-state index contributed by atoms with van der Waals surface area (Å²) in [6.45, 7) is 3.40. The van der Waals surface area contributed by atoms with Gasteiger partial charge in [0.15, 0.2) is 0 Å². The van der Waals surface area contributed by atoms with Crippen molar-refractivity contribution in [1.29, 1.82) is 0 Å². The molecule has 8 heteroatoms. The van der Waals surface area contributed by atoms with Crippen LogP contribution in [0, 0.1) is 0 Å². The highest BCUT2D eigenvalue weighted by Crippen LogP contribution is 2.24. The highest BCUT2D eigenvalue weighted by atomic mass is 16.5.